The van der Waals surface area contributed by atoms with Gasteiger partial charge in [-0.1, -0.05) is 18.2 Å². The Hall–Kier alpha value is -2.63. The summed E-state index contributed by atoms with van der Waals surface area (Å²) in [5.74, 6) is 1.87. The molecule has 0 spiro atoms. The summed E-state index contributed by atoms with van der Waals surface area (Å²) in [6.07, 6.45) is 4.34. The molecule has 0 unspecified atom stereocenters. The van der Waals surface area contributed by atoms with E-state index in [2.05, 4.69) is 20.6 Å². The number of hydrogen-bond donors (Lipinski definition) is 2. The Labute approximate surface area is 153 Å². The topological polar surface area (TPSA) is 58.5 Å². The number of benzene rings is 1. The monoisotopic (exact) mass is 356 g/mol. The minimum absolute atomic E-state index is 0.230. The number of hydrogen-bond acceptors (Lipinski definition) is 3. The SMILES string of the molecule is CCNC(=NCc1ccc(OCC2CC2)nc1)NCc1ccc(F)cc1. The molecule has 0 saturated heterocycles. The molecule has 2 aromatic rings. The number of ether oxygens (including phenoxy) is 1. The number of aliphatic imine (C=N–C) groups is 1. The summed E-state index contributed by atoms with van der Waals surface area (Å²) in [7, 11) is 0. The number of pyridine rings is 1. The normalized spacial score (nSPS) is 14.2. The lowest BCUT2D eigenvalue weighted by Gasteiger charge is -2.11. The third-order valence-corrected chi connectivity index (χ3v) is 4.10. The Morgan fingerprint density at radius 3 is 2.58 bits per heavy atom. The number of rotatable bonds is 8. The molecular weight excluding hydrogens is 331 g/mol. The molecule has 0 aliphatic heterocycles. The first-order chi connectivity index (χ1) is 12.7. The van der Waals surface area contributed by atoms with Gasteiger partial charge < -0.3 is 15.4 Å². The van der Waals surface area contributed by atoms with Crippen molar-refractivity contribution in [2.75, 3.05) is 13.2 Å². The first-order valence-corrected chi connectivity index (χ1v) is 9.07. The van der Waals surface area contributed by atoms with Crippen LogP contribution in [0.4, 0.5) is 4.39 Å². The van der Waals surface area contributed by atoms with E-state index in [0.717, 1.165) is 30.2 Å². The molecule has 1 aromatic carbocycles. The van der Waals surface area contributed by atoms with E-state index in [9.17, 15) is 4.39 Å². The minimum Gasteiger partial charge on any atom is -0.477 e. The van der Waals surface area contributed by atoms with Gasteiger partial charge >= 0.3 is 0 Å². The van der Waals surface area contributed by atoms with Crippen LogP contribution in [0.15, 0.2) is 47.6 Å². The highest BCUT2D eigenvalue weighted by Crippen LogP contribution is 2.29. The second-order valence-electron chi connectivity index (χ2n) is 6.43. The molecule has 138 valence electrons. The van der Waals surface area contributed by atoms with Crippen molar-refractivity contribution in [3.8, 4) is 5.88 Å². The molecule has 1 heterocycles. The van der Waals surface area contributed by atoms with Crippen LogP contribution in [-0.2, 0) is 13.1 Å². The fourth-order valence-electron chi connectivity index (χ4n) is 2.38. The van der Waals surface area contributed by atoms with Crippen LogP contribution in [0.1, 0.15) is 30.9 Å². The number of halogens is 1. The van der Waals surface area contributed by atoms with Crippen LogP contribution in [0, 0.1) is 11.7 Å². The molecular formula is C20H25FN4O. The van der Waals surface area contributed by atoms with Gasteiger partial charge in [0.25, 0.3) is 0 Å². The van der Waals surface area contributed by atoms with Gasteiger partial charge in [0.05, 0.1) is 13.2 Å². The average Bonchev–Trinajstić information content (AvgIpc) is 3.49. The summed E-state index contributed by atoms with van der Waals surface area (Å²) in [5, 5.41) is 6.45. The van der Waals surface area contributed by atoms with Crippen molar-refractivity contribution < 1.29 is 9.13 Å². The van der Waals surface area contributed by atoms with E-state index >= 15 is 0 Å². The quantitative estimate of drug-likeness (QED) is 0.563. The van der Waals surface area contributed by atoms with Crippen molar-refractivity contribution in [2.45, 2.75) is 32.9 Å². The van der Waals surface area contributed by atoms with Crippen LogP contribution in [0.3, 0.4) is 0 Å². The molecule has 6 heteroatoms. The standard InChI is InChI=1S/C20H25FN4O/c1-2-22-20(24-11-15-5-8-18(21)9-6-15)25-13-17-7-10-19(23-12-17)26-14-16-3-4-16/h5-10,12,16H,2-4,11,13-14H2,1H3,(H2,22,24,25). The molecule has 2 N–H and O–H groups in total. The second kappa shape index (κ2) is 9.17. The molecule has 0 amide bonds. The largest absolute Gasteiger partial charge is 0.477 e. The molecule has 0 atom stereocenters. The van der Waals surface area contributed by atoms with E-state index in [-0.39, 0.29) is 5.82 Å². The van der Waals surface area contributed by atoms with Gasteiger partial charge in [-0.3, -0.25) is 0 Å². The van der Waals surface area contributed by atoms with Gasteiger partial charge in [-0.05, 0) is 48.9 Å². The van der Waals surface area contributed by atoms with Crippen LogP contribution >= 0.6 is 0 Å². The van der Waals surface area contributed by atoms with Crippen LogP contribution < -0.4 is 15.4 Å². The third kappa shape index (κ3) is 6.02. The zero-order valence-electron chi connectivity index (χ0n) is 15.0. The number of nitrogens with zero attached hydrogens (tertiary/aromatic N) is 2. The zero-order chi connectivity index (χ0) is 18.2. The Bertz CT molecular complexity index is 712. The second-order valence-corrected chi connectivity index (χ2v) is 6.43. The third-order valence-electron chi connectivity index (χ3n) is 4.10. The summed E-state index contributed by atoms with van der Waals surface area (Å²) >= 11 is 0. The molecule has 1 saturated carbocycles. The van der Waals surface area contributed by atoms with Gasteiger partial charge in [0.2, 0.25) is 5.88 Å². The summed E-state index contributed by atoms with van der Waals surface area (Å²) in [4.78, 5) is 8.91. The van der Waals surface area contributed by atoms with Crippen LogP contribution in [0.25, 0.3) is 0 Å². The molecule has 3 rings (SSSR count). The molecule has 5 nitrogen and oxygen atoms in total. The zero-order valence-corrected chi connectivity index (χ0v) is 15.0. The predicted molar refractivity (Wildman–Crippen MR) is 101 cm³/mol. The molecule has 0 radical (unpaired) electrons. The van der Waals surface area contributed by atoms with Crippen LogP contribution in [0.2, 0.25) is 0 Å². The van der Waals surface area contributed by atoms with E-state index in [4.69, 9.17) is 4.74 Å². The minimum atomic E-state index is -0.230. The lowest BCUT2D eigenvalue weighted by Crippen LogP contribution is -2.36. The van der Waals surface area contributed by atoms with E-state index < -0.39 is 0 Å². The summed E-state index contributed by atoms with van der Waals surface area (Å²) < 4.78 is 18.6. The Morgan fingerprint density at radius 1 is 1.15 bits per heavy atom. The average molecular weight is 356 g/mol. The maximum absolute atomic E-state index is 13.0. The van der Waals surface area contributed by atoms with E-state index in [1.54, 1.807) is 18.3 Å². The molecule has 0 bridgehead atoms. The first-order valence-electron chi connectivity index (χ1n) is 9.07. The van der Waals surface area contributed by atoms with E-state index in [0.29, 0.717) is 24.9 Å². The van der Waals surface area contributed by atoms with Crippen molar-refractivity contribution in [3.63, 3.8) is 0 Å². The fraction of sp³-hybridized carbons (Fsp3) is 0.400. The molecule has 1 aliphatic rings. The van der Waals surface area contributed by atoms with Gasteiger partial charge in [0.1, 0.15) is 5.82 Å². The van der Waals surface area contributed by atoms with Gasteiger partial charge in [-0.15, -0.1) is 0 Å². The first kappa shape index (κ1) is 18.2. The van der Waals surface area contributed by atoms with Crippen molar-refractivity contribution in [1.82, 2.24) is 15.6 Å². The highest BCUT2D eigenvalue weighted by atomic mass is 19.1. The molecule has 1 fully saturated rings. The van der Waals surface area contributed by atoms with Gasteiger partial charge in [0.15, 0.2) is 5.96 Å². The predicted octanol–water partition coefficient (Wildman–Crippen LogP) is 3.26. The van der Waals surface area contributed by atoms with Crippen molar-refractivity contribution >= 4 is 5.96 Å². The van der Waals surface area contributed by atoms with Crippen LogP contribution in [-0.4, -0.2) is 24.1 Å². The lowest BCUT2D eigenvalue weighted by atomic mass is 10.2. The molecule has 1 aromatic heterocycles. The van der Waals surface area contributed by atoms with Crippen molar-refractivity contribution in [1.29, 1.82) is 0 Å². The van der Waals surface area contributed by atoms with Gasteiger partial charge in [0, 0.05) is 25.4 Å². The molecule has 1 aliphatic carbocycles. The van der Waals surface area contributed by atoms with Crippen molar-refractivity contribution in [3.05, 3.63) is 59.5 Å². The number of nitrogens with one attached hydrogen (secondary N) is 2. The summed E-state index contributed by atoms with van der Waals surface area (Å²) in [6, 6.07) is 10.3. The number of aromatic nitrogens is 1. The Morgan fingerprint density at radius 2 is 1.92 bits per heavy atom. The smallest absolute Gasteiger partial charge is 0.213 e. The molecule has 26 heavy (non-hydrogen) atoms. The van der Waals surface area contributed by atoms with Gasteiger partial charge in [-0.25, -0.2) is 14.4 Å². The Kier molecular flexibility index (Phi) is 6.41. The van der Waals surface area contributed by atoms with Crippen LogP contribution in [0.5, 0.6) is 5.88 Å². The van der Waals surface area contributed by atoms with Gasteiger partial charge in [-0.2, -0.15) is 0 Å². The fourth-order valence-corrected chi connectivity index (χ4v) is 2.38. The highest BCUT2D eigenvalue weighted by Gasteiger charge is 2.21. The Balaban J connectivity index is 1.51. The lowest BCUT2D eigenvalue weighted by molar-refractivity contribution is 0.288. The summed E-state index contributed by atoms with van der Waals surface area (Å²) in [5.41, 5.74) is 2.01. The summed E-state index contributed by atoms with van der Waals surface area (Å²) in [6.45, 7) is 4.65. The van der Waals surface area contributed by atoms with E-state index in [1.165, 1.54) is 25.0 Å². The highest BCUT2D eigenvalue weighted by molar-refractivity contribution is 5.79. The number of guanidine groups is 1. The maximum atomic E-state index is 13.0. The van der Waals surface area contributed by atoms with Crippen molar-refractivity contribution in [2.24, 2.45) is 10.9 Å². The van der Waals surface area contributed by atoms with E-state index in [1.807, 2.05) is 19.1 Å². The maximum Gasteiger partial charge on any atom is 0.213 e.